The van der Waals surface area contributed by atoms with E-state index in [1.54, 1.807) is 0 Å². The molecule has 1 nitrogen and oxygen atoms in total. The van der Waals surface area contributed by atoms with Crippen molar-refractivity contribution in [2.75, 3.05) is 19.6 Å². The van der Waals surface area contributed by atoms with Crippen molar-refractivity contribution in [2.45, 2.75) is 105 Å². The van der Waals surface area contributed by atoms with Crippen molar-refractivity contribution in [1.82, 2.24) is 4.90 Å². The summed E-state index contributed by atoms with van der Waals surface area (Å²) < 4.78 is 0. The molecule has 22 heavy (non-hydrogen) atoms. The van der Waals surface area contributed by atoms with Gasteiger partial charge in [-0.2, -0.15) is 0 Å². The van der Waals surface area contributed by atoms with Gasteiger partial charge in [0, 0.05) is 0 Å². The van der Waals surface area contributed by atoms with Crippen molar-refractivity contribution in [2.24, 2.45) is 11.8 Å². The molecule has 0 amide bonds. The van der Waals surface area contributed by atoms with E-state index in [0.29, 0.717) is 0 Å². The minimum Gasteiger partial charge on any atom is -0.303 e. The van der Waals surface area contributed by atoms with Gasteiger partial charge < -0.3 is 4.90 Å². The monoisotopic (exact) mass is 311 g/mol. The Kier molecular flexibility index (Phi) is 15.8. The average Bonchev–Trinajstić information content (AvgIpc) is 2.45. The summed E-state index contributed by atoms with van der Waals surface area (Å²) in [7, 11) is 0. The normalized spacial score (nSPS) is 12.0. The summed E-state index contributed by atoms with van der Waals surface area (Å²) in [5.41, 5.74) is 0. The summed E-state index contributed by atoms with van der Waals surface area (Å²) >= 11 is 0. The van der Waals surface area contributed by atoms with E-state index in [-0.39, 0.29) is 0 Å². The highest BCUT2D eigenvalue weighted by Gasteiger charge is 2.04. The summed E-state index contributed by atoms with van der Waals surface area (Å²) in [6, 6.07) is 0. The first-order valence-electron chi connectivity index (χ1n) is 10.3. The Morgan fingerprint density at radius 1 is 0.545 bits per heavy atom. The maximum Gasteiger partial charge on any atom is -0.00187 e. The fraction of sp³-hybridized carbons (Fsp3) is 1.00. The van der Waals surface area contributed by atoms with E-state index in [9.17, 15) is 0 Å². The molecule has 1 heteroatoms. The molecule has 0 aliphatic carbocycles. The molecule has 0 bridgehead atoms. The average molecular weight is 312 g/mol. The fourth-order valence-electron chi connectivity index (χ4n) is 3.13. The minimum absolute atomic E-state index is 0.882. The first-order valence-corrected chi connectivity index (χ1v) is 10.3. The Balaban J connectivity index is 3.52. The lowest BCUT2D eigenvalue weighted by Crippen LogP contribution is -2.27. The van der Waals surface area contributed by atoms with Crippen molar-refractivity contribution < 1.29 is 0 Å². The molecule has 0 saturated carbocycles. The van der Waals surface area contributed by atoms with E-state index in [1.165, 1.54) is 90.3 Å². The predicted octanol–water partition coefficient (Wildman–Crippen LogP) is 6.91. The van der Waals surface area contributed by atoms with E-state index < -0.39 is 0 Å². The standard InChI is InChI=1S/C21H45N/c1-6-17-22(18-13-9-7-11-15-20(2)3)19-14-10-8-12-16-21(4)5/h20-21H,6-19H2,1-5H3. The van der Waals surface area contributed by atoms with E-state index in [2.05, 4.69) is 39.5 Å². The molecule has 0 atom stereocenters. The van der Waals surface area contributed by atoms with Gasteiger partial charge in [-0.25, -0.2) is 0 Å². The van der Waals surface area contributed by atoms with Crippen LogP contribution >= 0.6 is 0 Å². The van der Waals surface area contributed by atoms with Gasteiger partial charge >= 0.3 is 0 Å². The fourth-order valence-corrected chi connectivity index (χ4v) is 3.13. The molecular formula is C21H45N. The van der Waals surface area contributed by atoms with Gasteiger partial charge in [-0.05, 0) is 50.7 Å². The molecular weight excluding hydrogens is 266 g/mol. The summed E-state index contributed by atoms with van der Waals surface area (Å²) in [6.45, 7) is 15.6. The van der Waals surface area contributed by atoms with Crippen LogP contribution in [0.15, 0.2) is 0 Å². The van der Waals surface area contributed by atoms with Crippen LogP contribution in [-0.4, -0.2) is 24.5 Å². The van der Waals surface area contributed by atoms with Crippen LogP contribution in [0.1, 0.15) is 105 Å². The Hall–Kier alpha value is -0.0400. The molecule has 0 rings (SSSR count). The van der Waals surface area contributed by atoms with Crippen LogP contribution < -0.4 is 0 Å². The van der Waals surface area contributed by atoms with Gasteiger partial charge in [0.05, 0.1) is 0 Å². The lowest BCUT2D eigenvalue weighted by atomic mass is 10.0. The summed E-state index contributed by atoms with van der Waals surface area (Å²) in [4.78, 5) is 2.71. The summed E-state index contributed by atoms with van der Waals surface area (Å²) in [5.74, 6) is 1.76. The zero-order valence-electron chi connectivity index (χ0n) is 16.5. The second-order valence-corrected chi connectivity index (χ2v) is 8.04. The Bertz CT molecular complexity index is 190. The van der Waals surface area contributed by atoms with Crippen LogP contribution in [0, 0.1) is 11.8 Å². The van der Waals surface area contributed by atoms with Gasteiger partial charge in [0.15, 0.2) is 0 Å². The van der Waals surface area contributed by atoms with E-state index >= 15 is 0 Å². The van der Waals surface area contributed by atoms with Gasteiger partial charge in [0.2, 0.25) is 0 Å². The van der Waals surface area contributed by atoms with Crippen LogP contribution in [0.2, 0.25) is 0 Å². The van der Waals surface area contributed by atoms with Crippen molar-refractivity contribution >= 4 is 0 Å². The molecule has 0 unspecified atom stereocenters. The number of unbranched alkanes of at least 4 members (excludes halogenated alkanes) is 6. The third kappa shape index (κ3) is 16.3. The second kappa shape index (κ2) is 15.8. The molecule has 0 aromatic carbocycles. The van der Waals surface area contributed by atoms with E-state index in [4.69, 9.17) is 0 Å². The molecule has 0 N–H and O–H groups in total. The van der Waals surface area contributed by atoms with Crippen LogP contribution in [0.5, 0.6) is 0 Å². The van der Waals surface area contributed by atoms with Crippen molar-refractivity contribution in [3.8, 4) is 0 Å². The molecule has 0 aromatic rings. The highest BCUT2D eigenvalue weighted by molar-refractivity contribution is 4.59. The predicted molar refractivity (Wildman–Crippen MR) is 103 cm³/mol. The van der Waals surface area contributed by atoms with Gasteiger partial charge in [-0.1, -0.05) is 86.0 Å². The molecule has 0 heterocycles. The first kappa shape index (κ1) is 22.0. The van der Waals surface area contributed by atoms with Gasteiger partial charge in [-0.15, -0.1) is 0 Å². The zero-order valence-corrected chi connectivity index (χ0v) is 16.5. The number of rotatable bonds is 16. The van der Waals surface area contributed by atoms with Crippen LogP contribution in [0.3, 0.4) is 0 Å². The summed E-state index contributed by atoms with van der Waals surface area (Å²) in [5, 5.41) is 0. The number of nitrogens with zero attached hydrogens (tertiary/aromatic N) is 1. The molecule has 0 aromatic heterocycles. The third-order valence-corrected chi connectivity index (χ3v) is 4.55. The highest BCUT2D eigenvalue weighted by Crippen LogP contribution is 2.12. The quantitative estimate of drug-likeness (QED) is 0.280. The van der Waals surface area contributed by atoms with Gasteiger partial charge in [0.25, 0.3) is 0 Å². The molecule has 0 fully saturated rings. The minimum atomic E-state index is 0.882. The molecule has 0 aliphatic rings. The Morgan fingerprint density at radius 2 is 0.955 bits per heavy atom. The maximum atomic E-state index is 2.71. The van der Waals surface area contributed by atoms with Crippen molar-refractivity contribution in [3.05, 3.63) is 0 Å². The number of hydrogen-bond donors (Lipinski definition) is 0. The Labute approximate surface area is 142 Å². The van der Waals surface area contributed by atoms with Gasteiger partial charge in [0.1, 0.15) is 0 Å². The lowest BCUT2D eigenvalue weighted by Gasteiger charge is -2.21. The molecule has 0 aliphatic heterocycles. The second-order valence-electron chi connectivity index (χ2n) is 8.04. The maximum absolute atomic E-state index is 2.71. The first-order chi connectivity index (χ1) is 10.6. The smallest absolute Gasteiger partial charge is 0.00187 e. The van der Waals surface area contributed by atoms with Crippen LogP contribution in [0.25, 0.3) is 0 Å². The molecule has 0 radical (unpaired) electrons. The summed E-state index contributed by atoms with van der Waals surface area (Å²) in [6.07, 6.45) is 15.5. The van der Waals surface area contributed by atoms with Crippen LogP contribution in [0.4, 0.5) is 0 Å². The SMILES string of the molecule is CCCN(CCCCCCC(C)C)CCCCCCC(C)C. The van der Waals surface area contributed by atoms with E-state index in [0.717, 1.165) is 11.8 Å². The Morgan fingerprint density at radius 3 is 1.32 bits per heavy atom. The molecule has 134 valence electrons. The highest BCUT2D eigenvalue weighted by atomic mass is 15.1. The lowest BCUT2D eigenvalue weighted by molar-refractivity contribution is 0.260. The molecule has 0 saturated heterocycles. The topological polar surface area (TPSA) is 3.24 Å². The van der Waals surface area contributed by atoms with Gasteiger partial charge in [-0.3, -0.25) is 0 Å². The van der Waals surface area contributed by atoms with Crippen molar-refractivity contribution in [3.63, 3.8) is 0 Å². The number of hydrogen-bond acceptors (Lipinski definition) is 1. The third-order valence-electron chi connectivity index (χ3n) is 4.55. The van der Waals surface area contributed by atoms with Crippen LogP contribution in [-0.2, 0) is 0 Å². The van der Waals surface area contributed by atoms with E-state index in [1.807, 2.05) is 0 Å². The van der Waals surface area contributed by atoms with Crippen molar-refractivity contribution in [1.29, 1.82) is 0 Å². The zero-order chi connectivity index (χ0) is 16.6. The molecule has 0 spiro atoms. The largest absolute Gasteiger partial charge is 0.303 e.